The van der Waals surface area contributed by atoms with Gasteiger partial charge in [-0.15, -0.1) is 0 Å². The third-order valence-corrected chi connectivity index (χ3v) is 3.64. The second-order valence-electron chi connectivity index (χ2n) is 3.48. The smallest absolute Gasteiger partial charge is 0.266 e. The maximum Gasteiger partial charge on any atom is 0.266 e. The summed E-state index contributed by atoms with van der Waals surface area (Å²) in [4.78, 5) is 18.0. The average molecular weight is 362 g/mol. The van der Waals surface area contributed by atoms with Gasteiger partial charge in [0.25, 0.3) is 5.56 Å². The van der Waals surface area contributed by atoms with E-state index in [1.165, 1.54) is 6.33 Å². The lowest BCUT2D eigenvalue weighted by atomic mass is 10.2. The number of hydrogen-bond acceptors (Lipinski definition) is 3. The molecule has 0 saturated carbocycles. The number of halogens is 2. The van der Waals surface area contributed by atoms with Gasteiger partial charge in [0.2, 0.25) is 0 Å². The van der Waals surface area contributed by atoms with E-state index in [0.717, 1.165) is 11.3 Å². The first-order valence-electron chi connectivity index (χ1n) is 4.84. The van der Waals surface area contributed by atoms with Crippen molar-refractivity contribution in [2.45, 2.75) is 6.92 Å². The van der Waals surface area contributed by atoms with Crippen LogP contribution in [0.1, 0.15) is 5.56 Å². The van der Waals surface area contributed by atoms with Crippen LogP contribution in [-0.4, -0.2) is 9.97 Å². The monoisotopic (exact) mass is 361 g/mol. The molecule has 0 unspecified atom stereocenters. The number of nitrogens with one attached hydrogen (secondary N) is 2. The van der Waals surface area contributed by atoms with E-state index in [1.807, 2.05) is 41.6 Å². The molecule has 17 heavy (non-hydrogen) atoms. The van der Waals surface area contributed by atoms with Crippen LogP contribution in [0.4, 0.5) is 11.5 Å². The summed E-state index contributed by atoms with van der Waals surface area (Å²) in [6.45, 7) is 1.93. The minimum Gasteiger partial charge on any atom is -0.339 e. The lowest BCUT2D eigenvalue weighted by molar-refractivity contribution is 1.10. The zero-order chi connectivity index (χ0) is 12.4. The van der Waals surface area contributed by atoms with Gasteiger partial charge >= 0.3 is 0 Å². The Labute approximate surface area is 117 Å². The van der Waals surface area contributed by atoms with E-state index in [9.17, 15) is 4.79 Å². The van der Waals surface area contributed by atoms with Gasteiger partial charge in [0, 0.05) is 10.7 Å². The molecule has 0 aliphatic heterocycles. The van der Waals surface area contributed by atoms with Crippen LogP contribution in [0.15, 0.2) is 29.3 Å². The summed E-state index contributed by atoms with van der Waals surface area (Å²) in [6, 6.07) is 5.60. The number of hydrogen-bond donors (Lipinski definition) is 2. The second kappa shape index (κ2) is 5.05. The summed E-state index contributed by atoms with van der Waals surface area (Å²) >= 11 is 7.97. The highest BCUT2D eigenvalue weighted by Crippen LogP contribution is 2.23. The zero-order valence-corrected chi connectivity index (χ0v) is 11.8. The maximum absolute atomic E-state index is 11.4. The number of aromatic nitrogens is 2. The Bertz CT molecular complexity index is 612. The summed E-state index contributed by atoms with van der Waals surface area (Å²) in [5.41, 5.74) is 1.64. The molecule has 0 aliphatic rings. The highest BCUT2D eigenvalue weighted by molar-refractivity contribution is 14.1. The van der Waals surface area contributed by atoms with E-state index in [1.54, 1.807) is 6.07 Å². The maximum atomic E-state index is 11.4. The molecule has 6 heteroatoms. The quantitative estimate of drug-likeness (QED) is 0.808. The highest BCUT2D eigenvalue weighted by Gasteiger charge is 2.06. The van der Waals surface area contributed by atoms with Crippen LogP contribution in [0.5, 0.6) is 0 Å². The van der Waals surface area contributed by atoms with Crippen molar-refractivity contribution in [3.63, 3.8) is 0 Å². The lowest BCUT2D eigenvalue weighted by Gasteiger charge is -2.07. The molecule has 0 radical (unpaired) electrons. The molecule has 1 aromatic heterocycles. The molecule has 0 spiro atoms. The summed E-state index contributed by atoms with van der Waals surface area (Å²) < 4.78 is 0.516. The van der Waals surface area contributed by atoms with Gasteiger partial charge in [-0.1, -0.05) is 17.7 Å². The Morgan fingerprint density at radius 3 is 2.94 bits per heavy atom. The van der Waals surface area contributed by atoms with Crippen molar-refractivity contribution in [3.8, 4) is 0 Å². The predicted octanol–water partition coefficient (Wildman–Crippen LogP) is 3.08. The number of anilines is 2. The summed E-state index contributed by atoms with van der Waals surface area (Å²) in [7, 11) is 0. The average Bonchev–Trinajstić information content (AvgIpc) is 2.30. The molecule has 0 fully saturated rings. The molecule has 4 nitrogen and oxygen atoms in total. The Morgan fingerprint density at radius 1 is 1.47 bits per heavy atom. The fourth-order valence-corrected chi connectivity index (χ4v) is 1.89. The van der Waals surface area contributed by atoms with Gasteiger partial charge in [-0.05, 0) is 47.2 Å². The van der Waals surface area contributed by atoms with Crippen LogP contribution in [-0.2, 0) is 0 Å². The van der Waals surface area contributed by atoms with E-state index >= 15 is 0 Å². The number of rotatable bonds is 2. The number of aryl methyl sites for hydroxylation is 1. The van der Waals surface area contributed by atoms with Crippen molar-refractivity contribution in [2.75, 3.05) is 5.32 Å². The van der Waals surface area contributed by atoms with Crippen molar-refractivity contribution in [3.05, 3.63) is 49.0 Å². The standard InChI is InChI=1S/C11H9ClIN3O/c1-6-2-3-7(4-8(6)12)16-10-9(13)11(17)15-5-14-10/h2-5H,1H3,(H2,14,15,16,17). The van der Waals surface area contributed by atoms with Crippen LogP contribution in [0.2, 0.25) is 5.02 Å². The van der Waals surface area contributed by atoms with Crippen molar-refractivity contribution in [1.29, 1.82) is 0 Å². The molecule has 1 aromatic carbocycles. The number of nitrogens with zero attached hydrogens (tertiary/aromatic N) is 1. The molecule has 1 heterocycles. The lowest BCUT2D eigenvalue weighted by Crippen LogP contribution is -2.12. The molecule has 88 valence electrons. The SMILES string of the molecule is Cc1ccc(Nc2nc[nH]c(=O)c2I)cc1Cl. The highest BCUT2D eigenvalue weighted by atomic mass is 127. The minimum absolute atomic E-state index is 0.165. The van der Waals surface area contributed by atoms with Gasteiger partial charge in [0.15, 0.2) is 5.82 Å². The molecular formula is C11H9ClIN3O. The second-order valence-corrected chi connectivity index (χ2v) is 4.97. The minimum atomic E-state index is -0.165. The van der Waals surface area contributed by atoms with Crippen LogP contribution < -0.4 is 10.9 Å². The molecule has 2 aromatic rings. The van der Waals surface area contributed by atoms with Gasteiger partial charge in [0.1, 0.15) is 3.57 Å². The Hall–Kier alpha value is -1.08. The Morgan fingerprint density at radius 2 is 2.24 bits per heavy atom. The summed E-state index contributed by atoms with van der Waals surface area (Å²) in [6.07, 6.45) is 1.36. The molecule has 0 saturated heterocycles. The molecular weight excluding hydrogens is 352 g/mol. The normalized spacial score (nSPS) is 10.3. The van der Waals surface area contributed by atoms with Crippen molar-refractivity contribution >= 4 is 45.7 Å². The third kappa shape index (κ3) is 2.78. The molecule has 0 aliphatic carbocycles. The molecule has 2 rings (SSSR count). The molecule has 0 amide bonds. The van der Waals surface area contributed by atoms with Crippen molar-refractivity contribution in [2.24, 2.45) is 0 Å². The molecule has 2 N–H and O–H groups in total. The first-order valence-corrected chi connectivity index (χ1v) is 6.30. The third-order valence-electron chi connectivity index (χ3n) is 2.23. The van der Waals surface area contributed by atoms with E-state index in [4.69, 9.17) is 11.6 Å². The number of H-pyrrole nitrogens is 1. The number of aromatic amines is 1. The number of benzene rings is 1. The van der Waals surface area contributed by atoms with Gasteiger partial charge in [-0.25, -0.2) is 4.98 Å². The fourth-order valence-electron chi connectivity index (χ4n) is 1.28. The predicted molar refractivity (Wildman–Crippen MR) is 77.0 cm³/mol. The van der Waals surface area contributed by atoms with Crippen LogP contribution >= 0.6 is 34.2 Å². The summed E-state index contributed by atoms with van der Waals surface area (Å²) in [5, 5.41) is 3.73. The van der Waals surface area contributed by atoms with Gasteiger partial charge < -0.3 is 10.3 Å². The molecule has 0 atom stereocenters. The Kier molecular flexibility index (Phi) is 3.68. The van der Waals surface area contributed by atoms with Crippen molar-refractivity contribution in [1.82, 2.24) is 9.97 Å². The fraction of sp³-hybridized carbons (Fsp3) is 0.0909. The first-order chi connectivity index (χ1) is 8.08. The van der Waals surface area contributed by atoms with Gasteiger partial charge in [-0.3, -0.25) is 4.79 Å². The van der Waals surface area contributed by atoms with Crippen LogP contribution in [0, 0.1) is 10.5 Å². The van der Waals surface area contributed by atoms with E-state index in [0.29, 0.717) is 14.4 Å². The van der Waals surface area contributed by atoms with Crippen LogP contribution in [0.25, 0.3) is 0 Å². The van der Waals surface area contributed by atoms with E-state index in [2.05, 4.69) is 15.3 Å². The molecule has 0 bridgehead atoms. The van der Waals surface area contributed by atoms with Crippen molar-refractivity contribution < 1.29 is 0 Å². The van der Waals surface area contributed by atoms with Gasteiger partial charge in [0.05, 0.1) is 6.33 Å². The van der Waals surface area contributed by atoms with Gasteiger partial charge in [-0.2, -0.15) is 0 Å². The summed E-state index contributed by atoms with van der Waals surface area (Å²) in [5.74, 6) is 0.522. The topological polar surface area (TPSA) is 57.8 Å². The van der Waals surface area contributed by atoms with Crippen LogP contribution in [0.3, 0.4) is 0 Å². The van der Waals surface area contributed by atoms with E-state index in [-0.39, 0.29) is 5.56 Å². The zero-order valence-electron chi connectivity index (χ0n) is 8.92. The Balaban J connectivity index is 2.35. The first kappa shape index (κ1) is 12.4. The van der Waals surface area contributed by atoms with E-state index < -0.39 is 0 Å². The largest absolute Gasteiger partial charge is 0.339 e.